The fourth-order valence-corrected chi connectivity index (χ4v) is 2.54. The molecule has 0 atom stereocenters. The molecule has 1 aromatic carbocycles. The number of amides is 1. The molecule has 1 aromatic rings. The quantitative estimate of drug-likeness (QED) is 0.340. The first-order chi connectivity index (χ1) is 12.6. The highest BCUT2D eigenvalue weighted by atomic mass is 16.5. The Hall–Kier alpha value is -2.24. The predicted octanol–water partition coefficient (Wildman–Crippen LogP) is 2.51. The van der Waals surface area contributed by atoms with E-state index in [0.717, 1.165) is 43.0 Å². The average Bonchev–Trinajstić information content (AvgIpc) is 3.44. The topological polar surface area (TPSA) is 74.8 Å². The molecule has 0 aliphatic heterocycles. The maximum Gasteiger partial charge on any atom is 0.220 e. The van der Waals surface area contributed by atoms with E-state index in [2.05, 4.69) is 53.0 Å². The Bertz CT molecular complexity index is 612. The highest BCUT2D eigenvalue weighted by molar-refractivity contribution is 5.80. The largest absolute Gasteiger partial charge is 0.493 e. The van der Waals surface area contributed by atoms with Crippen LogP contribution in [0.1, 0.15) is 50.2 Å². The molecule has 144 valence electrons. The normalized spacial score (nSPS) is 14.0. The summed E-state index contributed by atoms with van der Waals surface area (Å²) >= 11 is 0. The lowest BCUT2D eigenvalue weighted by Crippen LogP contribution is -2.37. The van der Waals surface area contributed by atoms with Gasteiger partial charge >= 0.3 is 0 Å². The van der Waals surface area contributed by atoms with E-state index in [1.165, 1.54) is 5.56 Å². The van der Waals surface area contributed by atoms with Crippen molar-refractivity contribution in [1.29, 1.82) is 0 Å². The van der Waals surface area contributed by atoms with E-state index in [9.17, 15) is 4.79 Å². The van der Waals surface area contributed by atoms with Gasteiger partial charge in [-0.2, -0.15) is 0 Å². The molecule has 2 rings (SSSR count). The standard InChI is InChI=1S/C20H32N4O2/c1-4-12-26-18-13-15(2)7-8-16(18)14-23-20(21-3)22-11-5-6-19(25)24-17-9-10-17/h7-8,13,17H,4-6,9-12,14H2,1-3H3,(H,24,25)(H2,21,22,23). The van der Waals surface area contributed by atoms with Crippen LogP contribution < -0.4 is 20.7 Å². The summed E-state index contributed by atoms with van der Waals surface area (Å²) in [5.41, 5.74) is 2.29. The smallest absolute Gasteiger partial charge is 0.220 e. The van der Waals surface area contributed by atoms with E-state index in [-0.39, 0.29) is 5.91 Å². The SMILES string of the molecule is CCCOc1cc(C)ccc1CNC(=NC)NCCCC(=O)NC1CC1. The van der Waals surface area contributed by atoms with Crippen LogP contribution in [0, 0.1) is 6.92 Å². The second-order valence-corrected chi connectivity index (χ2v) is 6.76. The third-order valence-corrected chi connectivity index (χ3v) is 4.17. The first kappa shape index (κ1) is 20.1. The minimum atomic E-state index is 0.148. The third kappa shape index (κ3) is 7.33. The Balaban J connectivity index is 1.73. The molecule has 6 heteroatoms. The molecule has 1 aliphatic carbocycles. The molecule has 0 heterocycles. The maximum absolute atomic E-state index is 11.7. The van der Waals surface area contributed by atoms with Crippen molar-refractivity contribution in [2.45, 2.75) is 58.5 Å². The molecule has 1 fully saturated rings. The van der Waals surface area contributed by atoms with Gasteiger partial charge in [-0.25, -0.2) is 0 Å². The van der Waals surface area contributed by atoms with E-state index in [1.54, 1.807) is 7.05 Å². The molecule has 3 N–H and O–H groups in total. The Morgan fingerprint density at radius 2 is 2.12 bits per heavy atom. The summed E-state index contributed by atoms with van der Waals surface area (Å²) in [5, 5.41) is 9.57. The zero-order chi connectivity index (χ0) is 18.8. The van der Waals surface area contributed by atoms with E-state index in [0.29, 0.717) is 32.2 Å². The van der Waals surface area contributed by atoms with Gasteiger partial charge in [-0.1, -0.05) is 19.1 Å². The number of carbonyl (C=O) groups is 1. The van der Waals surface area contributed by atoms with Crippen molar-refractivity contribution < 1.29 is 9.53 Å². The van der Waals surface area contributed by atoms with Gasteiger partial charge in [-0.05, 0) is 44.2 Å². The van der Waals surface area contributed by atoms with Crippen LogP contribution >= 0.6 is 0 Å². The van der Waals surface area contributed by atoms with Crippen LogP contribution in [0.15, 0.2) is 23.2 Å². The van der Waals surface area contributed by atoms with Crippen molar-refractivity contribution in [3.8, 4) is 5.75 Å². The number of aliphatic imine (C=N–C) groups is 1. The van der Waals surface area contributed by atoms with Crippen LogP contribution in [0.25, 0.3) is 0 Å². The second-order valence-electron chi connectivity index (χ2n) is 6.76. The molecule has 0 radical (unpaired) electrons. The second kappa shape index (κ2) is 10.7. The molecule has 0 unspecified atom stereocenters. The van der Waals surface area contributed by atoms with E-state index in [4.69, 9.17) is 4.74 Å². The van der Waals surface area contributed by atoms with Crippen molar-refractivity contribution in [3.63, 3.8) is 0 Å². The third-order valence-electron chi connectivity index (χ3n) is 4.17. The van der Waals surface area contributed by atoms with E-state index >= 15 is 0 Å². The molecule has 1 aliphatic rings. The van der Waals surface area contributed by atoms with Gasteiger partial charge < -0.3 is 20.7 Å². The number of carbonyl (C=O) groups excluding carboxylic acids is 1. The lowest BCUT2D eigenvalue weighted by atomic mass is 10.1. The van der Waals surface area contributed by atoms with Gasteiger partial charge in [0, 0.05) is 38.2 Å². The summed E-state index contributed by atoms with van der Waals surface area (Å²) < 4.78 is 5.85. The number of aryl methyl sites for hydroxylation is 1. The van der Waals surface area contributed by atoms with Gasteiger partial charge in [0.15, 0.2) is 5.96 Å². The molecule has 1 amide bonds. The first-order valence-electron chi connectivity index (χ1n) is 9.58. The maximum atomic E-state index is 11.7. The Labute approximate surface area is 156 Å². The first-order valence-corrected chi connectivity index (χ1v) is 9.58. The fourth-order valence-electron chi connectivity index (χ4n) is 2.54. The van der Waals surface area contributed by atoms with Gasteiger partial charge in [0.25, 0.3) is 0 Å². The summed E-state index contributed by atoms with van der Waals surface area (Å²) in [5.74, 6) is 1.80. The van der Waals surface area contributed by atoms with Crippen LogP contribution in [0.5, 0.6) is 5.75 Å². The number of guanidine groups is 1. The molecule has 0 bridgehead atoms. The van der Waals surface area contributed by atoms with Gasteiger partial charge in [0.1, 0.15) is 5.75 Å². The number of hydrogen-bond acceptors (Lipinski definition) is 3. The zero-order valence-corrected chi connectivity index (χ0v) is 16.2. The number of nitrogens with one attached hydrogen (secondary N) is 3. The minimum Gasteiger partial charge on any atom is -0.493 e. The summed E-state index contributed by atoms with van der Waals surface area (Å²) in [4.78, 5) is 15.9. The number of hydrogen-bond donors (Lipinski definition) is 3. The fraction of sp³-hybridized carbons (Fsp3) is 0.600. The number of nitrogens with zero attached hydrogens (tertiary/aromatic N) is 1. The van der Waals surface area contributed by atoms with Crippen LogP contribution in [0.3, 0.4) is 0 Å². The van der Waals surface area contributed by atoms with Crippen molar-refractivity contribution in [2.24, 2.45) is 4.99 Å². The van der Waals surface area contributed by atoms with Gasteiger partial charge in [0.05, 0.1) is 6.61 Å². The highest BCUT2D eigenvalue weighted by Crippen LogP contribution is 2.20. The van der Waals surface area contributed by atoms with Crippen LogP contribution in [-0.2, 0) is 11.3 Å². The number of benzene rings is 1. The summed E-state index contributed by atoms with van der Waals surface area (Å²) in [7, 11) is 1.75. The van der Waals surface area contributed by atoms with Crippen LogP contribution in [-0.4, -0.2) is 38.1 Å². The van der Waals surface area contributed by atoms with Crippen molar-refractivity contribution in [2.75, 3.05) is 20.2 Å². The minimum absolute atomic E-state index is 0.148. The Morgan fingerprint density at radius 3 is 2.81 bits per heavy atom. The number of rotatable bonds is 10. The van der Waals surface area contributed by atoms with Gasteiger partial charge in [-0.3, -0.25) is 9.79 Å². The van der Waals surface area contributed by atoms with Gasteiger partial charge in [0.2, 0.25) is 5.91 Å². The lowest BCUT2D eigenvalue weighted by molar-refractivity contribution is -0.121. The molecular formula is C20H32N4O2. The highest BCUT2D eigenvalue weighted by Gasteiger charge is 2.22. The van der Waals surface area contributed by atoms with Crippen LogP contribution in [0.4, 0.5) is 0 Å². The van der Waals surface area contributed by atoms with Crippen molar-refractivity contribution >= 4 is 11.9 Å². The number of ether oxygens (including phenoxy) is 1. The summed E-state index contributed by atoms with van der Waals surface area (Å²) in [6.45, 7) is 6.23. The molecule has 0 spiro atoms. The van der Waals surface area contributed by atoms with E-state index in [1.807, 2.05) is 0 Å². The zero-order valence-electron chi connectivity index (χ0n) is 16.2. The molecule has 0 aromatic heterocycles. The Morgan fingerprint density at radius 1 is 1.31 bits per heavy atom. The van der Waals surface area contributed by atoms with Crippen molar-refractivity contribution in [1.82, 2.24) is 16.0 Å². The monoisotopic (exact) mass is 360 g/mol. The lowest BCUT2D eigenvalue weighted by Gasteiger charge is -2.15. The molecule has 1 saturated carbocycles. The van der Waals surface area contributed by atoms with E-state index < -0.39 is 0 Å². The van der Waals surface area contributed by atoms with Crippen molar-refractivity contribution in [3.05, 3.63) is 29.3 Å². The summed E-state index contributed by atoms with van der Waals surface area (Å²) in [6.07, 6.45) is 4.58. The Kier molecular flexibility index (Phi) is 8.25. The predicted molar refractivity (Wildman–Crippen MR) is 106 cm³/mol. The van der Waals surface area contributed by atoms with Crippen LogP contribution in [0.2, 0.25) is 0 Å². The summed E-state index contributed by atoms with van der Waals surface area (Å²) in [6, 6.07) is 6.68. The van der Waals surface area contributed by atoms with Gasteiger partial charge in [-0.15, -0.1) is 0 Å². The average molecular weight is 361 g/mol. The molecular weight excluding hydrogens is 328 g/mol. The molecule has 26 heavy (non-hydrogen) atoms. The molecule has 0 saturated heterocycles. The molecule has 6 nitrogen and oxygen atoms in total.